The van der Waals surface area contributed by atoms with Gasteiger partial charge in [0, 0.05) is 11.8 Å². The molecule has 1 saturated carbocycles. The van der Waals surface area contributed by atoms with E-state index in [0.717, 1.165) is 0 Å². The van der Waals surface area contributed by atoms with E-state index in [1.165, 1.54) is 0 Å². The molecule has 0 amide bonds. The molecule has 1 aliphatic heterocycles. The van der Waals surface area contributed by atoms with Crippen molar-refractivity contribution in [3.63, 3.8) is 0 Å². The molecule has 1 heterocycles. The topological polar surface area (TPSA) is 9.23 Å². The molecule has 0 spiro atoms. The molecule has 2 unspecified atom stereocenters. The molecule has 1 aliphatic carbocycles. The van der Waals surface area contributed by atoms with Gasteiger partial charge >= 0.3 is 0 Å². The fourth-order valence-corrected chi connectivity index (χ4v) is 2.01. The van der Waals surface area contributed by atoms with Crippen molar-refractivity contribution in [2.24, 2.45) is 11.8 Å². The zero-order valence-corrected chi connectivity index (χ0v) is 5.82. The smallest absolute Gasteiger partial charge is 0.176 e. The van der Waals surface area contributed by atoms with E-state index in [1.807, 2.05) is 0 Å². The second-order valence-electron chi connectivity index (χ2n) is 2.42. The van der Waals surface area contributed by atoms with Gasteiger partial charge in [0.05, 0.1) is 13.2 Å². The molecule has 1 saturated heterocycles. The maximum absolute atomic E-state index is 12.7. The van der Waals surface area contributed by atoms with Crippen LogP contribution in [0, 0.1) is 11.8 Å². The van der Waals surface area contributed by atoms with Crippen LogP contribution in [0.4, 0.5) is 4.39 Å². The summed E-state index contributed by atoms with van der Waals surface area (Å²) in [6.07, 6.45) is 0. The largest absolute Gasteiger partial charge is 0.381 e. The molecule has 2 fully saturated rings. The summed E-state index contributed by atoms with van der Waals surface area (Å²) in [5.41, 5.74) is 0. The third-order valence-corrected chi connectivity index (χ3v) is 3.14. The number of halogens is 2. The highest BCUT2D eigenvalue weighted by Crippen LogP contribution is 2.61. The van der Waals surface area contributed by atoms with Crippen molar-refractivity contribution < 1.29 is 9.13 Å². The number of hydrogen-bond acceptors (Lipinski definition) is 1. The predicted octanol–water partition coefficient (Wildman–Crippen LogP) is 1.32. The van der Waals surface area contributed by atoms with Crippen LogP contribution in [-0.2, 0) is 4.74 Å². The van der Waals surface area contributed by atoms with Gasteiger partial charge in [-0.25, -0.2) is 4.39 Å². The highest BCUT2D eigenvalue weighted by molar-refractivity contribution is 9.10. The lowest BCUT2D eigenvalue weighted by Crippen LogP contribution is -2.04. The molecule has 8 heavy (non-hydrogen) atoms. The summed E-state index contributed by atoms with van der Waals surface area (Å²) in [4.78, 5) is 0. The highest BCUT2D eigenvalue weighted by Gasteiger charge is 2.67. The minimum Gasteiger partial charge on any atom is -0.381 e. The van der Waals surface area contributed by atoms with Gasteiger partial charge in [0.2, 0.25) is 0 Å². The lowest BCUT2D eigenvalue weighted by Gasteiger charge is -2.00. The van der Waals surface area contributed by atoms with Crippen LogP contribution in [0.3, 0.4) is 0 Å². The Morgan fingerprint density at radius 2 is 2.00 bits per heavy atom. The molecule has 0 radical (unpaired) electrons. The normalized spacial score (nSPS) is 60.8. The van der Waals surface area contributed by atoms with Crippen LogP contribution in [0.25, 0.3) is 0 Å². The van der Waals surface area contributed by atoms with Crippen molar-refractivity contribution in [1.82, 2.24) is 0 Å². The molecular formula is C5H6BrFO. The van der Waals surface area contributed by atoms with E-state index in [-0.39, 0.29) is 11.8 Å². The van der Waals surface area contributed by atoms with E-state index >= 15 is 0 Å². The number of fused-ring (bicyclic) bond motifs is 1. The van der Waals surface area contributed by atoms with Crippen molar-refractivity contribution in [2.75, 3.05) is 13.2 Å². The van der Waals surface area contributed by atoms with Crippen molar-refractivity contribution in [2.45, 2.75) is 4.58 Å². The molecule has 0 N–H and O–H groups in total. The Bertz CT molecular complexity index is 114. The van der Waals surface area contributed by atoms with Crippen LogP contribution in [-0.4, -0.2) is 17.8 Å². The van der Waals surface area contributed by atoms with Gasteiger partial charge < -0.3 is 4.74 Å². The standard InChI is InChI=1S/C5H6BrFO/c6-5(7)3-1-8-2-4(3)5/h3-4H,1-2H2. The van der Waals surface area contributed by atoms with E-state index in [1.54, 1.807) is 0 Å². The molecule has 0 aromatic rings. The Morgan fingerprint density at radius 3 is 2.25 bits per heavy atom. The molecule has 2 aliphatic rings. The number of rotatable bonds is 0. The Morgan fingerprint density at radius 1 is 1.50 bits per heavy atom. The molecule has 3 heteroatoms. The third-order valence-electron chi connectivity index (χ3n) is 1.96. The fourth-order valence-electron chi connectivity index (χ4n) is 1.24. The van der Waals surface area contributed by atoms with Crippen molar-refractivity contribution in [3.8, 4) is 0 Å². The quantitative estimate of drug-likeness (QED) is 0.512. The molecule has 0 aromatic heterocycles. The zero-order chi connectivity index (χ0) is 5.78. The summed E-state index contributed by atoms with van der Waals surface area (Å²) in [6.45, 7) is 1.21. The summed E-state index contributed by atoms with van der Waals surface area (Å²) >= 11 is 2.98. The van der Waals surface area contributed by atoms with Crippen LogP contribution in [0.2, 0.25) is 0 Å². The van der Waals surface area contributed by atoms with Crippen molar-refractivity contribution in [3.05, 3.63) is 0 Å². The number of hydrogen-bond donors (Lipinski definition) is 0. The maximum Gasteiger partial charge on any atom is 0.176 e. The van der Waals surface area contributed by atoms with Gasteiger partial charge in [0.1, 0.15) is 0 Å². The van der Waals surface area contributed by atoms with Gasteiger partial charge in [-0.2, -0.15) is 0 Å². The fraction of sp³-hybridized carbons (Fsp3) is 1.00. The van der Waals surface area contributed by atoms with Crippen LogP contribution < -0.4 is 0 Å². The second-order valence-corrected chi connectivity index (χ2v) is 3.64. The van der Waals surface area contributed by atoms with Crippen molar-refractivity contribution >= 4 is 15.9 Å². The molecule has 0 bridgehead atoms. The van der Waals surface area contributed by atoms with Gasteiger partial charge in [-0.15, -0.1) is 0 Å². The lowest BCUT2D eigenvalue weighted by atomic mass is 10.4. The SMILES string of the molecule is FC1(Br)C2COCC21. The summed E-state index contributed by atoms with van der Waals surface area (Å²) in [5, 5.41) is 0. The minimum atomic E-state index is -1.05. The maximum atomic E-state index is 12.7. The molecule has 0 aromatic carbocycles. The second kappa shape index (κ2) is 1.27. The summed E-state index contributed by atoms with van der Waals surface area (Å²) in [6, 6.07) is 0. The Labute approximate surface area is 55.3 Å². The van der Waals surface area contributed by atoms with E-state index in [4.69, 9.17) is 4.74 Å². The van der Waals surface area contributed by atoms with Gasteiger partial charge in [0.15, 0.2) is 4.58 Å². The number of alkyl halides is 2. The van der Waals surface area contributed by atoms with Gasteiger partial charge in [0.25, 0.3) is 0 Å². The Kier molecular flexibility index (Phi) is 0.819. The first-order valence-corrected chi connectivity index (χ1v) is 3.48. The van der Waals surface area contributed by atoms with Crippen LogP contribution in [0.15, 0.2) is 0 Å². The zero-order valence-electron chi connectivity index (χ0n) is 4.23. The van der Waals surface area contributed by atoms with Crippen molar-refractivity contribution in [1.29, 1.82) is 0 Å². The van der Waals surface area contributed by atoms with E-state index in [9.17, 15) is 4.39 Å². The Hall–Kier alpha value is 0.370. The monoisotopic (exact) mass is 180 g/mol. The highest BCUT2D eigenvalue weighted by atomic mass is 79.9. The van der Waals surface area contributed by atoms with E-state index in [0.29, 0.717) is 13.2 Å². The molecule has 1 nitrogen and oxygen atoms in total. The Balaban J connectivity index is 2.13. The van der Waals surface area contributed by atoms with Gasteiger partial charge in [-0.05, 0) is 15.9 Å². The summed E-state index contributed by atoms with van der Waals surface area (Å²) < 4.78 is 16.7. The molecule has 2 atom stereocenters. The molecule has 46 valence electrons. The van der Waals surface area contributed by atoms with Gasteiger partial charge in [-0.3, -0.25) is 0 Å². The first-order valence-electron chi connectivity index (χ1n) is 2.68. The minimum absolute atomic E-state index is 0.155. The number of ether oxygens (including phenoxy) is 1. The molecular weight excluding hydrogens is 175 g/mol. The predicted molar refractivity (Wildman–Crippen MR) is 30.6 cm³/mol. The third kappa shape index (κ3) is 0.443. The first-order chi connectivity index (χ1) is 3.73. The molecule has 2 rings (SSSR count). The van der Waals surface area contributed by atoms with Crippen LogP contribution in [0.5, 0.6) is 0 Å². The lowest BCUT2D eigenvalue weighted by molar-refractivity contribution is 0.134. The average Bonchev–Trinajstić information content (AvgIpc) is 2.22. The summed E-state index contributed by atoms with van der Waals surface area (Å²) in [7, 11) is 0. The first kappa shape index (κ1) is 5.18. The van der Waals surface area contributed by atoms with Crippen LogP contribution >= 0.6 is 15.9 Å². The van der Waals surface area contributed by atoms with E-state index < -0.39 is 4.58 Å². The summed E-state index contributed by atoms with van der Waals surface area (Å²) in [5.74, 6) is 0.310. The van der Waals surface area contributed by atoms with Gasteiger partial charge in [-0.1, -0.05) is 0 Å². The average molecular weight is 181 g/mol. The van der Waals surface area contributed by atoms with Crippen LogP contribution in [0.1, 0.15) is 0 Å². The van der Waals surface area contributed by atoms with E-state index in [2.05, 4.69) is 15.9 Å².